The molecular weight excluding hydrogens is 853 g/mol. The summed E-state index contributed by atoms with van der Waals surface area (Å²) in [6.07, 6.45) is 8.57. The van der Waals surface area contributed by atoms with Gasteiger partial charge in [0.15, 0.2) is 17.4 Å². The molecule has 2 fully saturated rings. The zero-order valence-electron chi connectivity index (χ0n) is 33.0. The fourth-order valence-corrected chi connectivity index (χ4v) is 10.5. The second-order valence-electron chi connectivity index (χ2n) is 15.8. The number of alkyl halides is 1. The lowest BCUT2D eigenvalue weighted by Crippen LogP contribution is -2.49. The minimum absolute atomic E-state index is 0.000860. The number of aryl methyl sites for hydroxylation is 1. The Kier molecular flexibility index (Phi) is 15.9. The van der Waals surface area contributed by atoms with Crippen LogP contribution in [-0.2, 0) is 31.4 Å². The molecule has 5 atom stereocenters. The van der Waals surface area contributed by atoms with Gasteiger partial charge in [0.2, 0.25) is 10.0 Å². The van der Waals surface area contributed by atoms with Crippen LogP contribution in [0, 0.1) is 17.8 Å². The molecule has 5 aliphatic rings. The van der Waals surface area contributed by atoms with Crippen molar-refractivity contribution in [1.29, 1.82) is 0 Å². The number of allylic oxidation sites excluding steroid dienone is 2. The van der Waals surface area contributed by atoms with Crippen LogP contribution in [0.3, 0.4) is 0 Å². The van der Waals surface area contributed by atoms with Crippen LogP contribution in [-0.4, -0.2) is 106 Å². The molecule has 2 aromatic rings. The second-order valence-corrected chi connectivity index (χ2v) is 18.1. The molecule has 2 aliphatic carbocycles. The van der Waals surface area contributed by atoms with E-state index in [9.17, 15) is 18.0 Å². The Morgan fingerprint density at radius 1 is 1.13 bits per heavy atom. The third-order valence-electron chi connectivity index (χ3n) is 11.9. The van der Waals surface area contributed by atoms with Gasteiger partial charge in [0.1, 0.15) is 5.69 Å². The van der Waals surface area contributed by atoms with Crippen LogP contribution in [0.4, 0.5) is 5.82 Å². The summed E-state index contributed by atoms with van der Waals surface area (Å²) in [4.78, 5) is 38.2. The molecule has 11 nitrogen and oxygen atoms in total. The number of hydrogen-bond donors (Lipinski definition) is 2. The number of carbonyl (C=O) groups excluding carboxylic acids is 2. The second kappa shape index (κ2) is 19.9. The monoisotopic (exact) mass is 911 g/mol. The van der Waals surface area contributed by atoms with E-state index >= 15 is 0 Å². The summed E-state index contributed by atoms with van der Waals surface area (Å²) in [5.74, 6) is -0.00478. The van der Waals surface area contributed by atoms with Crippen LogP contribution < -0.4 is 19.7 Å². The van der Waals surface area contributed by atoms with E-state index in [0.29, 0.717) is 42.7 Å². The van der Waals surface area contributed by atoms with E-state index < -0.39 is 21.2 Å². The first-order chi connectivity index (χ1) is 26.4. The van der Waals surface area contributed by atoms with Crippen molar-refractivity contribution in [2.24, 2.45) is 17.8 Å². The molecule has 1 aromatic heterocycles. The number of pyridine rings is 1. The van der Waals surface area contributed by atoms with E-state index in [2.05, 4.69) is 62.3 Å². The first-order valence-corrected chi connectivity index (χ1v) is 23.7. The highest BCUT2D eigenvalue weighted by atomic mass is 127. The predicted molar refractivity (Wildman–Crippen MR) is 228 cm³/mol. The molecule has 2 bridgehead atoms. The minimum Gasteiger partial charge on any atom is -0.489 e. The molecule has 304 valence electrons. The Morgan fingerprint density at radius 3 is 2.56 bits per heavy atom. The summed E-state index contributed by atoms with van der Waals surface area (Å²) in [6, 6.07) is 10.0. The number of aromatic nitrogens is 1. The Bertz CT molecular complexity index is 1770. The molecule has 2 N–H and O–H groups in total. The molecule has 55 heavy (non-hydrogen) atoms. The average molecular weight is 912 g/mol. The van der Waals surface area contributed by atoms with Gasteiger partial charge in [-0.3, -0.25) is 14.5 Å². The number of piperazine rings is 1. The Balaban J connectivity index is 0.000000459. The summed E-state index contributed by atoms with van der Waals surface area (Å²) in [5.41, 5.74) is 2.08. The highest BCUT2D eigenvalue weighted by Crippen LogP contribution is 2.45. The number of nitrogens with zero attached hydrogens (tertiary/aromatic N) is 3. The number of methoxy groups -OCH3 is 1. The van der Waals surface area contributed by atoms with Crippen molar-refractivity contribution < 1.29 is 27.5 Å². The van der Waals surface area contributed by atoms with Gasteiger partial charge in [-0.05, 0) is 117 Å². The van der Waals surface area contributed by atoms with Crippen molar-refractivity contribution in [3.63, 3.8) is 0 Å². The standard InChI is InChI=1S/C33H40ClN3O6S.C7H16N2.CH3I/c1-21-5-3-7-28(38)25-10-8-23(25)18-37-19-33(15-4-6-22-17-24(34)9-11-26(22)33)20-43-29-13-12-27(35-31(29)37)32(39)36-44(40,41)30(21)14-16-42-2;1-7(2)9-5-3-8-4-6-9;1-2/h3,7,9,11-13,17,21,23,25,30H,4-6,8,10,14-16,18-20H2,1-2H3,(H,36,39);7-8H,3-6H2,1-2H3;1H3/b7-3+;;/t21-,23-,25+,30+,33-;;/m0../s1. The number of benzene rings is 1. The molecule has 0 unspecified atom stereocenters. The van der Waals surface area contributed by atoms with E-state index in [0.717, 1.165) is 51.2 Å². The number of rotatable bonds is 4. The van der Waals surface area contributed by atoms with Crippen LogP contribution in [0.2, 0.25) is 5.02 Å². The molecule has 1 aromatic carbocycles. The van der Waals surface area contributed by atoms with Crippen LogP contribution in [0.5, 0.6) is 5.75 Å². The molecule has 7 rings (SSSR count). The van der Waals surface area contributed by atoms with Gasteiger partial charge in [-0.25, -0.2) is 18.1 Å². The van der Waals surface area contributed by atoms with E-state index in [1.807, 2.05) is 24.0 Å². The number of ether oxygens (including phenoxy) is 2. The topological polar surface area (TPSA) is 130 Å². The van der Waals surface area contributed by atoms with E-state index in [-0.39, 0.29) is 47.7 Å². The van der Waals surface area contributed by atoms with E-state index in [1.54, 1.807) is 18.2 Å². The molecule has 1 amide bonds. The van der Waals surface area contributed by atoms with Gasteiger partial charge in [-0.15, -0.1) is 0 Å². The molecule has 1 spiro atoms. The van der Waals surface area contributed by atoms with Crippen molar-refractivity contribution >= 4 is 61.7 Å². The first kappa shape index (κ1) is 43.8. The quantitative estimate of drug-likeness (QED) is 0.270. The molecule has 1 saturated carbocycles. The van der Waals surface area contributed by atoms with Gasteiger partial charge in [-0.1, -0.05) is 53.3 Å². The van der Waals surface area contributed by atoms with Crippen molar-refractivity contribution in [3.05, 3.63) is 64.3 Å². The van der Waals surface area contributed by atoms with Crippen LogP contribution >= 0.6 is 34.2 Å². The lowest BCUT2D eigenvalue weighted by molar-refractivity contribution is -0.122. The maximum Gasteiger partial charge on any atom is 0.283 e. The maximum absolute atomic E-state index is 13.5. The van der Waals surface area contributed by atoms with Crippen molar-refractivity contribution in [3.8, 4) is 5.75 Å². The maximum atomic E-state index is 13.5. The normalized spacial score (nSPS) is 28.4. The summed E-state index contributed by atoms with van der Waals surface area (Å²) >= 11 is 8.53. The number of hydrogen-bond acceptors (Lipinski definition) is 10. The number of sulfonamides is 1. The molecule has 14 heteroatoms. The molecule has 4 heterocycles. The van der Waals surface area contributed by atoms with Gasteiger partial charge in [0.05, 0.1) is 11.9 Å². The summed E-state index contributed by atoms with van der Waals surface area (Å²) < 4.78 is 41.0. The first-order valence-electron chi connectivity index (χ1n) is 19.7. The van der Waals surface area contributed by atoms with Crippen LogP contribution in [0.25, 0.3) is 0 Å². The lowest BCUT2D eigenvalue weighted by Gasteiger charge is -2.43. The molecule has 3 aliphatic heterocycles. The van der Waals surface area contributed by atoms with Crippen molar-refractivity contribution in [2.75, 3.05) is 69.4 Å². The number of anilines is 1. The third-order valence-corrected chi connectivity index (χ3v) is 14.1. The summed E-state index contributed by atoms with van der Waals surface area (Å²) in [7, 11) is -2.58. The predicted octanol–water partition coefficient (Wildman–Crippen LogP) is 6.22. The van der Waals surface area contributed by atoms with Crippen molar-refractivity contribution in [2.45, 2.75) is 82.4 Å². The largest absolute Gasteiger partial charge is 0.489 e. The Morgan fingerprint density at radius 2 is 1.89 bits per heavy atom. The SMILES string of the molecule is CC(C)N1CCNCC1.CI.COCC[C@@H]1[C@@H](C)C/C=C/C(=O)[C@@H]2CC[C@H]2CN2C[C@@]3(CCCc4cc(Cl)ccc43)COc3ccc(nc32)C(=O)NS1(=O)=O. The number of ketones is 1. The Labute approximate surface area is 346 Å². The zero-order valence-corrected chi connectivity index (χ0v) is 36.7. The number of amides is 1. The minimum atomic E-state index is -4.09. The Hall–Kier alpha value is -2.30. The van der Waals surface area contributed by atoms with Crippen molar-refractivity contribution in [1.82, 2.24) is 19.9 Å². The van der Waals surface area contributed by atoms with Gasteiger partial charge >= 0.3 is 0 Å². The zero-order chi connectivity index (χ0) is 39.8. The van der Waals surface area contributed by atoms with Crippen LogP contribution in [0.15, 0.2) is 42.5 Å². The van der Waals surface area contributed by atoms with E-state index in [4.69, 9.17) is 26.1 Å². The summed E-state index contributed by atoms with van der Waals surface area (Å²) in [5, 5.41) is 3.14. The van der Waals surface area contributed by atoms with Gasteiger partial charge < -0.3 is 19.7 Å². The van der Waals surface area contributed by atoms with Crippen LogP contribution in [0.1, 0.15) is 80.9 Å². The number of fused-ring (bicyclic) bond motifs is 4. The highest BCUT2D eigenvalue weighted by molar-refractivity contribution is 14.1. The molecular formula is C41H59ClIN5O6S. The molecule has 0 radical (unpaired) electrons. The highest BCUT2D eigenvalue weighted by Gasteiger charge is 2.45. The molecule has 1 saturated heterocycles. The fraction of sp³-hybridized carbons (Fsp3) is 0.634. The number of halogens is 2. The summed E-state index contributed by atoms with van der Waals surface area (Å²) in [6.45, 7) is 12.9. The van der Waals surface area contributed by atoms with Gasteiger partial charge in [0.25, 0.3) is 5.91 Å². The third kappa shape index (κ3) is 10.6. The average Bonchev–Trinajstić information content (AvgIpc) is 3.31. The van der Waals surface area contributed by atoms with E-state index in [1.165, 1.54) is 37.4 Å². The fourth-order valence-electron chi connectivity index (χ4n) is 8.66. The smallest absolute Gasteiger partial charge is 0.283 e. The van der Waals surface area contributed by atoms with Gasteiger partial charge in [-0.2, -0.15) is 0 Å². The number of carbonyl (C=O) groups is 2. The number of nitrogens with one attached hydrogen (secondary N) is 2. The lowest BCUT2D eigenvalue weighted by atomic mass is 9.69. The van der Waals surface area contributed by atoms with Gasteiger partial charge in [0, 0.05) is 75.4 Å².